The Balaban J connectivity index is 1.51. The molecule has 0 fully saturated rings. The van der Waals surface area contributed by atoms with Gasteiger partial charge in [-0.25, -0.2) is 4.79 Å². The third-order valence-electron chi connectivity index (χ3n) is 7.01. The number of carbonyl (C=O) groups excluding carboxylic acids is 2. The first kappa shape index (κ1) is 30.4. The summed E-state index contributed by atoms with van der Waals surface area (Å²) in [6, 6.07) is 19.5. The predicted molar refractivity (Wildman–Crippen MR) is 158 cm³/mol. The van der Waals surface area contributed by atoms with Crippen molar-refractivity contribution in [1.82, 2.24) is 19.4 Å². The molecule has 2 heterocycles. The summed E-state index contributed by atoms with van der Waals surface area (Å²) in [5.41, 5.74) is 1.26. The minimum atomic E-state index is -4.55. The molecular weight excluding hydrogens is 653 g/mol. The molecule has 8 nitrogen and oxygen atoms in total. The molecule has 5 rings (SSSR count). The van der Waals surface area contributed by atoms with Crippen molar-refractivity contribution in [1.29, 1.82) is 0 Å². The van der Waals surface area contributed by atoms with Gasteiger partial charge in [0.2, 0.25) is 0 Å². The molecule has 1 N–H and O–H groups in total. The summed E-state index contributed by atoms with van der Waals surface area (Å²) in [7, 11) is 0. The molecule has 0 radical (unpaired) electrons. The van der Waals surface area contributed by atoms with Gasteiger partial charge in [0.15, 0.2) is 6.10 Å². The zero-order valence-corrected chi connectivity index (χ0v) is 25.0. The first-order chi connectivity index (χ1) is 20.4. The van der Waals surface area contributed by atoms with Crippen LogP contribution in [-0.4, -0.2) is 44.7 Å². The molecule has 0 bridgehead atoms. The van der Waals surface area contributed by atoms with Gasteiger partial charge < -0.3 is 15.0 Å². The second-order valence-corrected chi connectivity index (χ2v) is 11.1. The fourth-order valence-corrected chi connectivity index (χ4v) is 5.15. The van der Waals surface area contributed by atoms with Gasteiger partial charge in [0.1, 0.15) is 11.4 Å². The third kappa shape index (κ3) is 6.50. The lowest BCUT2D eigenvalue weighted by Gasteiger charge is -2.28. The van der Waals surface area contributed by atoms with E-state index in [2.05, 4.69) is 21.2 Å². The van der Waals surface area contributed by atoms with E-state index in [1.54, 1.807) is 12.1 Å². The van der Waals surface area contributed by atoms with Gasteiger partial charge in [0.05, 0.1) is 22.9 Å². The Morgan fingerprint density at radius 2 is 1.74 bits per heavy atom. The number of amides is 2. The highest BCUT2D eigenvalue weighted by molar-refractivity contribution is 9.10. The predicted octanol–water partition coefficient (Wildman–Crippen LogP) is 5.97. The number of rotatable bonds is 7. The fourth-order valence-electron chi connectivity index (χ4n) is 4.72. The van der Waals surface area contributed by atoms with Crippen LogP contribution in [0.1, 0.15) is 39.0 Å². The maximum Gasteiger partial charge on any atom is 0.425 e. The normalized spacial score (nSPS) is 13.8. The highest BCUT2D eigenvalue weighted by atomic mass is 79.9. The topological polar surface area (TPSA) is 85.6 Å². The number of carbonyl (C=O) groups is 2. The van der Waals surface area contributed by atoms with Gasteiger partial charge in [-0.15, -0.1) is 0 Å². The van der Waals surface area contributed by atoms with E-state index >= 15 is 0 Å². The monoisotopic (exact) mass is 676 g/mol. The summed E-state index contributed by atoms with van der Waals surface area (Å²) in [5, 5.41) is 3.21. The Kier molecular flexibility index (Phi) is 8.70. The maximum atomic E-state index is 13.7. The Hall–Kier alpha value is -4.03. The number of nitrogens with zero attached hydrogens (tertiary/aromatic N) is 3. The van der Waals surface area contributed by atoms with Crippen LogP contribution in [0.15, 0.2) is 82.1 Å². The van der Waals surface area contributed by atoms with E-state index in [-0.39, 0.29) is 49.2 Å². The molecule has 0 aliphatic carbocycles. The Bertz CT molecular complexity index is 1720. The van der Waals surface area contributed by atoms with Crippen molar-refractivity contribution >= 4 is 39.3 Å². The van der Waals surface area contributed by atoms with Gasteiger partial charge in [0, 0.05) is 29.7 Å². The number of hydrogen-bond donors (Lipinski definition) is 1. The first-order valence-electron chi connectivity index (χ1n) is 13.2. The van der Waals surface area contributed by atoms with Crippen LogP contribution in [0.5, 0.6) is 5.75 Å². The summed E-state index contributed by atoms with van der Waals surface area (Å²) >= 11 is 9.51. The number of ether oxygens (including phenoxy) is 1. The number of alkyl halides is 3. The third-order valence-corrected chi connectivity index (χ3v) is 8.25. The van der Waals surface area contributed by atoms with Crippen molar-refractivity contribution in [3.63, 3.8) is 0 Å². The average molecular weight is 678 g/mol. The number of aromatic nitrogens is 2. The number of imidazole rings is 1. The largest absolute Gasteiger partial charge is 0.481 e. The minimum Gasteiger partial charge on any atom is -0.481 e. The van der Waals surface area contributed by atoms with Gasteiger partial charge in [0.25, 0.3) is 11.8 Å². The minimum absolute atomic E-state index is 0.0181. The van der Waals surface area contributed by atoms with Crippen LogP contribution in [0.4, 0.5) is 13.2 Å². The van der Waals surface area contributed by atoms with Gasteiger partial charge in [-0.1, -0.05) is 41.9 Å². The van der Waals surface area contributed by atoms with Crippen molar-refractivity contribution in [3.05, 3.63) is 115 Å². The lowest BCUT2D eigenvalue weighted by Crippen LogP contribution is -2.41. The van der Waals surface area contributed by atoms with Crippen LogP contribution >= 0.6 is 27.5 Å². The van der Waals surface area contributed by atoms with Crippen LogP contribution in [0.2, 0.25) is 5.02 Å². The van der Waals surface area contributed by atoms with Crippen molar-refractivity contribution in [2.75, 3.05) is 6.54 Å². The number of fused-ring (bicyclic) bond motifs is 1. The summed E-state index contributed by atoms with van der Waals surface area (Å²) in [6.45, 7) is 1.37. The lowest BCUT2D eigenvalue weighted by atomic mass is 10.1. The lowest BCUT2D eigenvalue weighted by molar-refractivity contribution is -0.189. The second kappa shape index (κ2) is 12.3. The second-order valence-electron chi connectivity index (χ2n) is 9.88. The molecule has 0 saturated carbocycles. The molecule has 1 atom stereocenters. The van der Waals surface area contributed by atoms with Crippen LogP contribution < -0.4 is 15.7 Å². The molecule has 224 valence electrons. The molecule has 3 aromatic carbocycles. The molecule has 1 aromatic heterocycles. The Labute approximate surface area is 257 Å². The molecule has 0 saturated heterocycles. The molecule has 4 aromatic rings. The van der Waals surface area contributed by atoms with E-state index < -0.39 is 23.9 Å². The van der Waals surface area contributed by atoms with Crippen molar-refractivity contribution < 1.29 is 27.5 Å². The van der Waals surface area contributed by atoms with Gasteiger partial charge in [-0.3, -0.25) is 18.7 Å². The average Bonchev–Trinajstić information content (AvgIpc) is 3.28. The van der Waals surface area contributed by atoms with E-state index in [4.69, 9.17) is 16.3 Å². The molecule has 2 amide bonds. The van der Waals surface area contributed by atoms with Crippen molar-refractivity contribution in [2.24, 2.45) is 0 Å². The SMILES string of the molecule is CC(Oc1ccc(-n2c(C(=O)NCc3ccccc3)c3n(c2=O)CCN(C(=O)c2ccc(Br)c(Cl)c2)C3)cc1)C(F)(F)F. The van der Waals surface area contributed by atoms with E-state index in [1.807, 2.05) is 30.3 Å². The molecule has 13 heteroatoms. The standard InChI is InChI=1S/C30H25BrClF3N4O4/c1-18(30(33,34)35)43-22-10-8-21(9-11-22)39-26(27(40)36-16-19-5-3-2-4-6-19)25-17-37(13-14-38(25)29(39)42)28(41)20-7-12-23(31)24(32)15-20/h2-12,15,18H,13-14,16-17H2,1H3,(H,36,40). The number of hydrogen-bond acceptors (Lipinski definition) is 4. The van der Waals surface area contributed by atoms with E-state index in [1.165, 1.54) is 44.4 Å². The Morgan fingerprint density at radius 3 is 2.40 bits per heavy atom. The summed E-state index contributed by atoms with van der Waals surface area (Å²) in [6.07, 6.45) is -6.59. The van der Waals surface area contributed by atoms with E-state index in [9.17, 15) is 27.6 Å². The number of benzene rings is 3. The van der Waals surface area contributed by atoms with Crippen LogP contribution in [0.3, 0.4) is 0 Å². The quantitative estimate of drug-likeness (QED) is 0.261. The molecule has 0 spiro atoms. The first-order valence-corrected chi connectivity index (χ1v) is 14.4. The van der Waals surface area contributed by atoms with Gasteiger partial charge in [-0.2, -0.15) is 13.2 Å². The molecule has 1 unspecified atom stereocenters. The van der Waals surface area contributed by atoms with Crippen molar-refractivity contribution in [3.8, 4) is 11.4 Å². The summed E-state index contributed by atoms with van der Waals surface area (Å²) in [4.78, 5) is 42.3. The van der Waals surface area contributed by atoms with Crippen molar-refractivity contribution in [2.45, 2.75) is 38.8 Å². The Morgan fingerprint density at radius 1 is 1.05 bits per heavy atom. The summed E-state index contributed by atoms with van der Waals surface area (Å²) in [5.74, 6) is -0.927. The molecular formula is C30H25BrClF3N4O4. The van der Waals surface area contributed by atoms with Crippen LogP contribution in [0.25, 0.3) is 5.69 Å². The maximum absolute atomic E-state index is 13.7. The highest BCUT2D eigenvalue weighted by Crippen LogP contribution is 2.28. The molecule has 43 heavy (non-hydrogen) atoms. The number of halogens is 5. The van der Waals surface area contributed by atoms with Crippen LogP contribution in [-0.2, 0) is 19.6 Å². The summed E-state index contributed by atoms with van der Waals surface area (Å²) < 4.78 is 47.2. The molecule has 1 aliphatic rings. The fraction of sp³-hybridized carbons (Fsp3) is 0.233. The van der Waals surface area contributed by atoms with Gasteiger partial charge >= 0.3 is 11.9 Å². The molecule has 1 aliphatic heterocycles. The van der Waals surface area contributed by atoms with Crippen LogP contribution in [0, 0.1) is 0 Å². The zero-order valence-electron chi connectivity index (χ0n) is 22.7. The van der Waals surface area contributed by atoms with E-state index in [0.29, 0.717) is 20.8 Å². The van der Waals surface area contributed by atoms with E-state index in [0.717, 1.165) is 12.5 Å². The number of nitrogens with one attached hydrogen (secondary N) is 1. The highest BCUT2D eigenvalue weighted by Gasteiger charge is 2.38. The smallest absolute Gasteiger partial charge is 0.425 e. The van der Waals surface area contributed by atoms with Gasteiger partial charge in [-0.05, 0) is 70.9 Å². The zero-order chi connectivity index (χ0) is 30.9.